The smallest absolute Gasteiger partial charge is 0.427 e. The zero-order chi connectivity index (χ0) is 13.9. The number of nitrogens with one attached hydrogen (secondary N) is 1. The highest BCUT2D eigenvalue weighted by atomic mass is 32.1. The number of alkyl halides is 3. The van der Waals surface area contributed by atoms with Crippen LogP contribution in [0.1, 0.15) is 25.1 Å². The summed E-state index contributed by atoms with van der Waals surface area (Å²) in [4.78, 5) is 13.7. The second-order valence-electron chi connectivity index (χ2n) is 3.87. The van der Waals surface area contributed by atoms with Crippen molar-refractivity contribution < 1.29 is 23.1 Å². The number of carboxylic acid groups (broad SMARTS) is 1. The van der Waals surface area contributed by atoms with Crippen molar-refractivity contribution >= 4 is 22.4 Å². The number of thiazole rings is 1. The van der Waals surface area contributed by atoms with Crippen LogP contribution in [0.25, 0.3) is 0 Å². The Balaban J connectivity index is 2.82. The minimum atomic E-state index is -4.45. The molecule has 1 heterocycles. The maximum absolute atomic E-state index is 12.3. The molecule has 1 aromatic rings. The summed E-state index contributed by atoms with van der Waals surface area (Å²) in [6.45, 7) is 3.52. The Hall–Kier alpha value is -1.31. The molecular formula is C10H13F3N2O2S. The summed E-state index contributed by atoms with van der Waals surface area (Å²) in [6, 6.07) is -0.942. The lowest BCUT2D eigenvalue weighted by Crippen LogP contribution is -2.35. The summed E-state index contributed by atoms with van der Waals surface area (Å²) < 4.78 is 37.0. The Bertz CT molecular complexity index is 420. The molecule has 2 N–H and O–H groups in total. The van der Waals surface area contributed by atoms with Crippen molar-refractivity contribution in [3.8, 4) is 0 Å². The molecule has 4 nitrogen and oxygen atoms in total. The zero-order valence-corrected chi connectivity index (χ0v) is 10.6. The van der Waals surface area contributed by atoms with Gasteiger partial charge >= 0.3 is 12.1 Å². The van der Waals surface area contributed by atoms with Gasteiger partial charge in [-0.2, -0.15) is 13.2 Å². The monoisotopic (exact) mass is 282 g/mol. The van der Waals surface area contributed by atoms with E-state index in [0.29, 0.717) is 24.0 Å². The average Bonchev–Trinajstić information content (AvgIpc) is 2.72. The summed E-state index contributed by atoms with van der Waals surface area (Å²) in [5.41, 5.74) is 0. The molecule has 0 spiro atoms. The lowest BCUT2D eigenvalue weighted by Gasteiger charge is -2.19. The zero-order valence-electron chi connectivity index (χ0n) is 9.78. The molecule has 0 aliphatic carbocycles. The predicted octanol–water partition coefficient (Wildman–Crippen LogP) is 3.07. The molecule has 0 aliphatic heterocycles. The number of carbonyl (C=O) groups is 1. The van der Waals surface area contributed by atoms with E-state index in [2.05, 4.69) is 10.3 Å². The minimum absolute atomic E-state index is 0.0324. The van der Waals surface area contributed by atoms with Crippen LogP contribution < -0.4 is 5.32 Å². The molecule has 0 unspecified atom stereocenters. The highest BCUT2D eigenvalue weighted by Gasteiger charge is 2.34. The first-order valence-electron chi connectivity index (χ1n) is 5.28. The van der Waals surface area contributed by atoms with E-state index in [-0.39, 0.29) is 11.0 Å². The molecule has 0 saturated carbocycles. The van der Waals surface area contributed by atoms with E-state index in [0.717, 1.165) is 0 Å². The number of rotatable bonds is 5. The molecule has 102 valence electrons. The first-order valence-corrected chi connectivity index (χ1v) is 6.09. The lowest BCUT2D eigenvalue weighted by molar-refractivity contribution is -0.139. The van der Waals surface area contributed by atoms with Gasteiger partial charge in [-0.05, 0) is 5.92 Å². The van der Waals surface area contributed by atoms with Gasteiger partial charge in [0.25, 0.3) is 0 Å². The number of hydrogen-bond donors (Lipinski definition) is 2. The summed E-state index contributed by atoms with van der Waals surface area (Å²) in [5.74, 6) is -1.31. The van der Waals surface area contributed by atoms with Gasteiger partial charge in [-0.1, -0.05) is 31.6 Å². The number of carboxylic acids is 1. The van der Waals surface area contributed by atoms with E-state index in [4.69, 9.17) is 5.11 Å². The average molecular weight is 282 g/mol. The van der Waals surface area contributed by atoms with Gasteiger partial charge in [0.2, 0.25) is 0 Å². The third-order valence-electron chi connectivity index (χ3n) is 2.54. The van der Waals surface area contributed by atoms with Crippen molar-refractivity contribution in [2.75, 3.05) is 5.32 Å². The van der Waals surface area contributed by atoms with Crippen LogP contribution in [0, 0.1) is 5.92 Å². The largest absolute Gasteiger partial charge is 0.480 e. The van der Waals surface area contributed by atoms with Crippen molar-refractivity contribution in [3.63, 3.8) is 0 Å². The molecule has 0 amide bonds. The third-order valence-corrected chi connectivity index (χ3v) is 3.52. The molecule has 0 fully saturated rings. The van der Waals surface area contributed by atoms with E-state index in [1.807, 2.05) is 6.92 Å². The molecule has 0 radical (unpaired) electrons. The van der Waals surface area contributed by atoms with Crippen LogP contribution in [0.5, 0.6) is 0 Å². The van der Waals surface area contributed by atoms with E-state index in [1.54, 1.807) is 6.92 Å². The highest BCUT2D eigenvalue weighted by molar-refractivity contribution is 7.15. The fourth-order valence-corrected chi connectivity index (χ4v) is 2.01. The number of aliphatic carboxylic acids is 1. The summed E-state index contributed by atoms with van der Waals surface area (Å²) >= 11 is 0.403. The van der Waals surface area contributed by atoms with Crippen molar-refractivity contribution in [1.29, 1.82) is 0 Å². The third kappa shape index (κ3) is 3.59. The van der Waals surface area contributed by atoms with Gasteiger partial charge in [-0.25, -0.2) is 9.78 Å². The van der Waals surface area contributed by atoms with Crippen molar-refractivity contribution in [2.24, 2.45) is 5.92 Å². The Labute approximate surface area is 106 Å². The predicted molar refractivity (Wildman–Crippen MR) is 61.6 cm³/mol. The van der Waals surface area contributed by atoms with Gasteiger partial charge in [0.15, 0.2) is 5.13 Å². The standard InChI is InChI=1S/C10H13F3N2O2S/c1-3-5(2)7(8(16)17)15-9-14-4-6(18-9)10(11,12)13/h4-5,7H,3H2,1-2H3,(H,14,15)(H,16,17)/t5-,7-/m0/s1. The Kier molecular flexibility index (Phi) is 4.55. The van der Waals surface area contributed by atoms with Crippen LogP contribution in [0.4, 0.5) is 18.3 Å². The van der Waals surface area contributed by atoms with Crippen LogP contribution in [-0.2, 0) is 11.0 Å². The van der Waals surface area contributed by atoms with Gasteiger partial charge in [0, 0.05) is 0 Å². The highest BCUT2D eigenvalue weighted by Crippen LogP contribution is 2.35. The van der Waals surface area contributed by atoms with E-state index >= 15 is 0 Å². The maximum atomic E-state index is 12.3. The van der Waals surface area contributed by atoms with E-state index < -0.39 is 23.1 Å². The van der Waals surface area contributed by atoms with Crippen LogP contribution in [0.15, 0.2) is 6.20 Å². The molecule has 8 heteroatoms. The number of halogens is 3. The van der Waals surface area contributed by atoms with E-state index in [1.165, 1.54) is 0 Å². The Morgan fingerprint density at radius 3 is 2.61 bits per heavy atom. The second kappa shape index (κ2) is 5.55. The minimum Gasteiger partial charge on any atom is -0.480 e. The topological polar surface area (TPSA) is 62.2 Å². The molecule has 1 aromatic heterocycles. The molecule has 0 saturated heterocycles. The van der Waals surface area contributed by atoms with Gasteiger partial charge in [0.05, 0.1) is 6.20 Å². The molecule has 0 bridgehead atoms. The normalized spacial score (nSPS) is 15.2. The van der Waals surface area contributed by atoms with Crippen LogP contribution in [-0.4, -0.2) is 22.1 Å². The van der Waals surface area contributed by atoms with Crippen LogP contribution in [0.2, 0.25) is 0 Å². The van der Waals surface area contributed by atoms with Gasteiger partial charge < -0.3 is 10.4 Å². The second-order valence-corrected chi connectivity index (χ2v) is 4.90. The summed E-state index contributed by atoms with van der Waals surface area (Å²) in [7, 11) is 0. The summed E-state index contributed by atoms with van der Waals surface area (Å²) in [6.07, 6.45) is -3.16. The molecule has 1 rings (SSSR count). The number of hydrogen-bond acceptors (Lipinski definition) is 4. The van der Waals surface area contributed by atoms with Crippen molar-refractivity contribution in [3.05, 3.63) is 11.1 Å². The fourth-order valence-electron chi connectivity index (χ4n) is 1.29. The molecule has 0 aliphatic rings. The first kappa shape index (κ1) is 14.7. The molecule has 2 atom stereocenters. The van der Waals surface area contributed by atoms with Gasteiger partial charge in [0.1, 0.15) is 10.9 Å². The lowest BCUT2D eigenvalue weighted by atomic mass is 10.00. The molecular weight excluding hydrogens is 269 g/mol. The quantitative estimate of drug-likeness (QED) is 0.871. The SMILES string of the molecule is CC[C@H](C)[C@H](Nc1ncc(C(F)(F)F)s1)C(=O)O. The first-order chi connectivity index (χ1) is 8.25. The van der Waals surface area contributed by atoms with E-state index in [9.17, 15) is 18.0 Å². The number of aromatic nitrogens is 1. The van der Waals surface area contributed by atoms with Crippen molar-refractivity contribution in [2.45, 2.75) is 32.5 Å². The van der Waals surface area contributed by atoms with Crippen LogP contribution >= 0.6 is 11.3 Å². The Morgan fingerprint density at radius 1 is 1.61 bits per heavy atom. The van der Waals surface area contributed by atoms with Crippen molar-refractivity contribution in [1.82, 2.24) is 4.98 Å². The summed E-state index contributed by atoms with van der Waals surface area (Å²) in [5, 5.41) is 11.5. The fraction of sp³-hybridized carbons (Fsp3) is 0.600. The van der Waals surface area contributed by atoms with Gasteiger partial charge in [-0.3, -0.25) is 0 Å². The number of anilines is 1. The number of nitrogens with zero attached hydrogens (tertiary/aromatic N) is 1. The van der Waals surface area contributed by atoms with Crippen LogP contribution in [0.3, 0.4) is 0 Å². The van der Waals surface area contributed by atoms with Gasteiger partial charge in [-0.15, -0.1) is 0 Å². The molecule has 0 aromatic carbocycles. The maximum Gasteiger partial charge on any atom is 0.427 e. The Morgan fingerprint density at radius 2 is 2.22 bits per heavy atom. The molecule has 18 heavy (non-hydrogen) atoms.